The van der Waals surface area contributed by atoms with Gasteiger partial charge in [0.15, 0.2) is 0 Å². The molecule has 0 bridgehead atoms. The first-order chi connectivity index (χ1) is 4.34. The van der Waals surface area contributed by atoms with Crippen molar-refractivity contribution in [3.8, 4) is 0 Å². The molecule has 0 unspecified atom stereocenters. The summed E-state index contributed by atoms with van der Waals surface area (Å²) in [5.41, 5.74) is 0.985. The van der Waals surface area contributed by atoms with Gasteiger partial charge in [-0.3, -0.25) is 0 Å². The molecule has 0 spiro atoms. The van der Waals surface area contributed by atoms with Crippen molar-refractivity contribution in [3.63, 3.8) is 0 Å². The Hall–Kier alpha value is 0.0162. The van der Waals surface area contributed by atoms with Gasteiger partial charge in [-0.05, 0) is 11.6 Å². The Balaban J connectivity index is 0.000000810. The smallest absolute Gasteiger partial charge is 0.0984 e. The molecule has 0 N–H and O–H groups in total. The summed E-state index contributed by atoms with van der Waals surface area (Å²) in [5, 5.41) is 0.757. The van der Waals surface area contributed by atoms with Crippen LogP contribution in [0.2, 0.25) is 5.02 Å². The van der Waals surface area contributed by atoms with Gasteiger partial charge in [-0.15, -0.1) is 0 Å². The minimum Gasteiger partial charge on any atom is -0.0984 e. The van der Waals surface area contributed by atoms with Crippen molar-refractivity contribution in [1.82, 2.24) is 0 Å². The van der Waals surface area contributed by atoms with E-state index in [1.54, 1.807) is 6.08 Å². The molecule has 0 nitrogen and oxygen atoms in total. The highest BCUT2D eigenvalue weighted by Gasteiger charge is 1.89. The zero-order valence-electron chi connectivity index (χ0n) is 4.97. The third-order valence-electron chi connectivity index (χ3n) is 1.13. The molecule has 0 saturated carbocycles. The van der Waals surface area contributed by atoms with Crippen molar-refractivity contribution >= 4 is 40.7 Å². The third-order valence-corrected chi connectivity index (χ3v) is 1.47. The monoisotopic (exact) mass is 164 g/mol. The second kappa shape index (κ2) is 4.77. The van der Waals surface area contributed by atoms with Gasteiger partial charge in [0, 0.05) is 5.02 Å². The zero-order valence-corrected chi connectivity index (χ0v) is 5.73. The minimum atomic E-state index is 0. The van der Waals surface area contributed by atoms with Crippen molar-refractivity contribution < 1.29 is 0 Å². The van der Waals surface area contributed by atoms with Crippen LogP contribution in [-0.4, -0.2) is 23.1 Å². The van der Waals surface area contributed by atoms with E-state index >= 15 is 0 Å². The lowest BCUT2D eigenvalue weighted by molar-refractivity contribution is 1.66. The molecule has 2 heteroatoms. The van der Waals surface area contributed by atoms with Gasteiger partial charge in [0.05, 0.1) is 0 Å². The van der Waals surface area contributed by atoms with Crippen LogP contribution < -0.4 is 0 Å². The molecule has 0 aliphatic carbocycles. The first-order valence-electron chi connectivity index (χ1n) is 2.71. The topological polar surface area (TPSA) is 0 Å². The number of halogens is 1. The fourth-order valence-corrected chi connectivity index (χ4v) is 0.854. The van der Waals surface area contributed by atoms with E-state index in [2.05, 4.69) is 6.58 Å². The Labute approximate surface area is 82.0 Å². The Bertz CT molecular complexity index is 220. The molecule has 50 valence electrons. The Morgan fingerprint density at radius 3 is 2.30 bits per heavy atom. The van der Waals surface area contributed by atoms with E-state index in [1.807, 2.05) is 24.3 Å². The highest BCUT2D eigenvalue weighted by molar-refractivity contribution is 6.32. The molecule has 0 aliphatic heterocycles. The van der Waals surface area contributed by atoms with E-state index < -0.39 is 0 Å². The van der Waals surface area contributed by atoms with Crippen LogP contribution in [0.15, 0.2) is 30.8 Å². The SMILES string of the molecule is C=Cc1ccccc1Cl.[MgH2]. The van der Waals surface area contributed by atoms with Crippen LogP contribution in [0.3, 0.4) is 0 Å². The molecule has 0 radical (unpaired) electrons. The standard InChI is InChI=1S/C8H7Cl.Mg.2H/c1-2-7-5-3-4-6-8(7)9;;;/h2-6H,1H2;;;. The summed E-state index contributed by atoms with van der Waals surface area (Å²) in [6.07, 6.45) is 1.74. The van der Waals surface area contributed by atoms with Gasteiger partial charge in [0.25, 0.3) is 0 Å². The first-order valence-corrected chi connectivity index (χ1v) is 3.09. The third kappa shape index (κ3) is 2.33. The van der Waals surface area contributed by atoms with Crippen molar-refractivity contribution in [2.45, 2.75) is 0 Å². The van der Waals surface area contributed by atoms with Gasteiger partial charge in [-0.1, -0.05) is 42.5 Å². The summed E-state index contributed by atoms with van der Waals surface area (Å²) in [7, 11) is 0. The van der Waals surface area contributed by atoms with Crippen molar-refractivity contribution in [1.29, 1.82) is 0 Å². The van der Waals surface area contributed by atoms with E-state index in [4.69, 9.17) is 11.6 Å². The molecule has 0 atom stereocenters. The largest absolute Gasteiger partial charge is 0.316 e. The Morgan fingerprint density at radius 1 is 1.30 bits per heavy atom. The Morgan fingerprint density at radius 2 is 1.90 bits per heavy atom. The highest BCUT2D eigenvalue weighted by atomic mass is 35.5. The highest BCUT2D eigenvalue weighted by Crippen LogP contribution is 2.14. The van der Waals surface area contributed by atoms with Crippen molar-refractivity contribution in [3.05, 3.63) is 41.4 Å². The maximum atomic E-state index is 5.75. The average molecular weight is 165 g/mol. The lowest BCUT2D eigenvalue weighted by Crippen LogP contribution is -1.69. The van der Waals surface area contributed by atoms with Crippen molar-refractivity contribution in [2.75, 3.05) is 0 Å². The van der Waals surface area contributed by atoms with Crippen LogP contribution in [0.5, 0.6) is 0 Å². The molecule has 0 heterocycles. The molecular weight excluding hydrogens is 156 g/mol. The lowest BCUT2D eigenvalue weighted by Gasteiger charge is -1.92. The lowest BCUT2D eigenvalue weighted by atomic mass is 10.2. The molecule has 0 aromatic heterocycles. The summed E-state index contributed by atoms with van der Waals surface area (Å²) in [5.74, 6) is 0. The minimum absolute atomic E-state index is 0. The molecule has 1 aromatic rings. The number of hydrogen-bond donors (Lipinski definition) is 0. The molecule has 0 amide bonds. The van der Waals surface area contributed by atoms with Crippen LogP contribution in [-0.2, 0) is 0 Å². The molecule has 1 aromatic carbocycles. The first kappa shape index (κ1) is 10.0. The predicted octanol–water partition coefficient (Wildman–Crippen LogP) is 2.07. The quantitative estimate of drug-likeness (QED) is 0.558. The molecule has 0 saturated heterocycles. The molecular formula is C8H9ClMg. The van der Waals surface area contributed by atoms with Crippen LogP contribution in [0.4, 0.5) is 0 Å². The van der Waals surface area contributed by atoms with Gasteiger partial charge in [-0.25, -0.2) is 0 Å². The van der Waals surface area contributed by atoms with Gasteiger partial charge in [0.2, 0.25) is 0 Å². The van der Waals surface area contributed by atoms with Gasteiger partial charge >= 0.3 is 23.1 Å². The molecule has 10 heavy (non-hydrogen) atoms. The number of benzene rings is 1. The average Bonchev–Trinajstić information content (AvgIpc) is 1.89. The maximum absolute atomic E-state index is 5.75. The Kier molecular flexibility index (Phi) is 4.78. The zero-order chi connectivity index (χ0) is 6.69. The van der Waals surface area contributed by atoms with E-state index in [1.165, 1.54) is 0 Å². The second-order valence-corrected chi connectivity index (χ2v) is 2.13. The summed E-state index contributed by atoms with van der Waals surface area (Å²) >= 11 is 5.75. The second-order valence-electron chi connectivity index (χ2n) is 1.73. The van der Waals surface area contributed by atoms with Crippen LogP contribution >= 0.6 is 11.6 Å². The number of rotatable bonds is 1. The van der Waals surface area contributed by atoms with E-state index in [0.29, 0.717) is 0 Å². The summed E-state index contributed by atoms with van der Waals surface area (Å²) in [6.45, 7) is 3.61. The predicted molar refractivity (Wildman–Crippen MR) is 50.1 cm³/mol. The molecule has 0 fully saturated rings. The maximum Gasteiger partial charge on any atom is 0.316 e. The van der Waals surface area contributed by atoms with Gasteiger partial charge in [0.1, 0.15) is 0 Å². The van der Waals surface area contributed by atoms with E-state index in [0.717, 1.165) is 10.6 Å². The number of hydrogen-bond acceptors (Lipinski definition) is 0. The summed E-state index contributed by atoms with van der Waals surface area (Å²) in [6, 6.07) is 7.60. The fraction of sp³-hybridized carbons (Fsp3) is 0. The van der Waals surface area contributed by atoms with Gasteiger partial charge in [-0.2, -0.15) is 0 Å². The van der Waals surface area contributed by atoms with Crippen LogP contribution in [0.1, 0.15) is 5.56 Å². The normalized spacial score (nSPS) is 8.10. The van der Waals surface area contributed by atoms with E-state index in [9.17, 15) is 0 Å². The van der Waals surface area contributed by atoms with Crippen LogP contribution in [0.25, 0.3) is 6.08 Å². The molecule has 1 rings (SSSR count). The molecule has 0 aliphatic rings. The fourth-order valence-electron chi connectivity index (χ4n) is 0.641. The van der Waals surface area contributed by atoms with Crippen LogP contribution in [0, 0.1) is 0 Å². The van der Waals surface area contributed by atoms with Gasteiger partial charge < -0.3 is 0 Å². The summed E-state index contributed by atoms with van der Waals surface area (Å²) in [4.78, 5) is 0. The van der Waals surface area contributed by atoms with Crippen molar-refractivity contribution in [2.24, 2.45) is 0 Å². The summed E-state index contributed by atoms with van der Waals surface area (Å²) < 4.78 is 0. The van der Waals surface area contributed by atoms with E-state index in [-0.39, 0.29) is 23.1 Å².